The lowest BCUT2D eigenvalue weighted by Gasteiger charge is -2.36. The molecule has 1 saturated heterocycles. The van der Waals surface area contributed by atoms with Crippen LogP contribution in [-0.2, 0) is 11.3 Å². The number of urea groups is 1. The Labute approximate surface area is 129 Å². The quantitative estimate of drug-likeness (QED) is 0.930. The lowest BCUT2D eigenvalue weighted by molar-refractivity contribution is -0.143. The highest BCUT2D eigenvalue weighted by atomic mass is 32.1. The number of thiophene rings is 1. The van der Waals surface area contributed by atoms with E-state index >= 15 is 0 Å². The van der Waals surface area contributed by atoms with Crippen molar-refractivity contribution in [2.75, 3.05) is 13.1 Å². The van der Waals surface area contributed by atoms with Crippen LogP contribution in [-0.4, -0.2) is 46.0 Å². The molecule has 0 aromatic carbocycles. The van der Waals surface area contributed by atoms with Crippen LogP contribution < -0.4 is 0 Å². The third-order valence-corrected chi connectivity index (χ3v) is 4.75. The molecule has 0 spiro atoms. The second-order valence-electron chi connectivity index (χ2n) is 5.68. The average molecular weight is 310 g/mol. The fourth-order valence-corrected chi connectivity index (χ4v) is 3.24. The normalized spacial score (nSPS) is 16.2. The predicted molar refractivity (Wildman–Crippen MR) is 82.3 cm³/mol. The van der Waals surface area contributed by atoms with Gasteiger partial charge in [-0.1, -0.05) is 6.07 Å². The Bertz CT molecular complexity index is 479. The van der Waals surface area contributed by atoms with Crippen LogP contribution in [0.1, 0.15) is 31.6 Å². The van der Waals surface area contributed by atoms with Crippen molar-refractivity contribution >= 4 is 23.3 Å². The molecule has 1 aromatic heterocycles. The zero-order chi connectivity index (χ0) is 15.4. The molecule has 2 amide bonds. The van der Waals surface area contributed by atoms with E-state index in [2.05, 4.69) is 0 Å². The highest BCUT2D eigenvalue weighted by molar-refractivity contribution is 7.09. The molecule has 0 atom stereocenters. The summed E-state index contributed by atoms with van der Waals surface area (Å²) in [5, 5.41) is 11.0. The first kappa shape index (κ1) is 15.8. The van der Waals surface area contributed by atoms with Crippen LogP contribution in [0, 0.1) is 5.92 Å². The summed E-state index contributed by atoms with van der Waals surface area (Å²) in [5.74, 6) is -1.06. The van der Waals surface area contributed by atoms with E-state index in [1.54, 1.807) is 16.2 Å². The van der Waals surface area contributed by atoms with E-state index in [1.165, 1.54) is 0 Å². The van der Waals surface area contributed by atoms with Gasteiger partial charge >= 0.3 is 12.0 Å². The number of hydrogen-bond acceptors (Lipinski definition) is 3. The van der Waals surface area contributed by atoms with E-state index in [-0.39, 0.29) is 18.0 Å². The smallest absolute Gasteiger partial charge is 0.320 e. The Kier molecular flexibility index (Phi) is 5.22. The van der Waals surface area contributed by atoms with E-state index in [1.807, 2.05) is 36.3 Å². The zero-order valence-corrected chi connectivity index (χ0v) is 13.3. The van der Waals surface area contributed by atoms with Crippen LogP contribution in [0.15, 0.2) is 17.5 Å². The number of carbonyl (C=O) groups excluding carboxylic acids is 1. The molecule has 1 fully saturated rings. The fourth-order valence-electron chi connectivity index (χ4n) is 2.54. The minimum Gasteiger partial charge on any atom is -0.481 e. The second kappa shape index (κ2) is 6.93. The summed E-state index contributed by atoms with van der Waals surface area (Å²) in [6, 6.07) is 4.16. The molecule has 2 rings (SSSR count). The Morgan fingerprint density at radius 1 is 1.43 bits per heavy atom. The Morgan fingerprint density at radius 3 is 2.57 bits per heavy atom. The first-order valence-corrected chi connectivity index (χ1v) is 8.17. The van der Waals surface area contributed by atoms with Gasteiger partial charge in [-0.15, -0.1) is 11.3 Å². The van der Waals surface area contributed by atoms with Crippen LogP contribution in [0.2, 0.25) is 0 Å². The summed E-state index contributed by atoms with van der Waals surface area (Å²) < 4.78 is 0. The van der Waals surface area contributed by atoms with Gasteiger partial charge in [0, 0.05) is 24.0 Å². The summed E-state index contributed by atoms with van der Waals surface area (Å²) in [6.45, 7) is 5.70. The second-order valence-corrected chi connectivity index (χ2v) is 6.72. The highest BCUT2D eigenvalue weighted by Gasteiger charge is 2.30. The van der Waals surface area contributed by atoms with Gasteiger partial charge in [0.05, 0.1) is 12.5 Å². The molecule has 0 aliphatic carbocycles. The molecular formula is C15H22N2O3S. The molecule has 0 saturated carbocycles. The Hall–Kier alpha value is -1.56. The standard InChI is InChI=1S/C15H22N2O3S/c1-11(2)17(10-13-4-3-9-21-13)15(20)16-7-5-12(6-8-16)14(18)19/h3-4,9,11-12H,5-8,10H2,1-2H3,(H,18,19). The molecule has 1 N–H and O–H groups in total. The average Bonchev–Trinajstić information content (AvgIpc) is 2.97. The molecular weight excluding hydrogens is 288 g/mol. The lowest BCUT2D eigenvalue weighted by atomic mass is 9.97. The first-order chi connectivity index (χ1) is 9.99. The number of carboxylic acids is 1. The first-order valence-electron chi connectivity index (χ1n) is 7.29. The van der Waals surface area contributed by atoms with Gasteiger partial charge in [0.25, 0.3) is 0 Å². The number of carboxylic acid groups (broad SMARTS) is 1. The van der Waals surface area contributed by atoms with Gasteiger partial charge in [-0.25, -0.2) is 4.79 Å². The topological polar surface area (TPSA) is 60.9 Å². The summed E-state index contributed by atoms with van der Waals surface area (Å²) in [5.41, 5.74) is 0. The van der Waals surface area contributed by atoms with E-state index < -0.39 is 5.97 Å². The van der Waals surface area contributed by atoms with E-state index in [0.29, 0.717) is 32.5 Å². The van der Waals surface area contributed by atoms with Crippen LogP contribution in [0.5, 0.6) is 0 Å². The molecule has 1 aliphatic heterocycles. The van der Waals surface area contributed by atoms with Gasteiger partial charge in [0.1, 0.15) is 0 Å². The molecule has 0 bridgehead atoms. The number of nitrogens with zero attached hydrogens (tertiary/aromatic N) is 2. The molecule has 116 valence electrons. The van der Waals surface area contributed by atoms with Crippen molar-refractivity contribution in [2.45, 2.75) is 39.3 Å². The monoisotopic (exact) mass is 310 g/mol. The largest absolute Gasteiger partial charge is 0.481 e. The van der Waals surface area contributed by atoms with Crippen molar-refractivity contribution in [3.8, 4) is 0 Å². The molecule has 1 aromatic rings. The van der Waals surface area contributed by atoms with Crippen molar-refractivity contribution in [1.82, 2.24) is 9.80 Å². The van der Waals surface area contributed by atoms with E-state index in [4.69, 9.17) is 5.11 Å². The van der Waals surface area contributed by atoms with Crippen molar-refractivity contribution < 1.29 is 14.7 Å². The van der Waals surface area contributed by atoms with Gasteiger partial charge < -0.3 is 14.9 Å². The van der Waals surface area contributed by atoms with Gasteiger partial charge in [-0.05, 0) is 38.1 Å². The van der Waals surface area contributed by atoms with E-state index in [9.17, 15) is 9.59 Å². The fraction of sp³-hybridized carbons (Fsp3) is 0.600. The van der Waals surface area contributed by atoms with Gasteiger partial charge in [0.2, 0.25) is 0 Å². The molecule has 1 aliphatic rings. The summed E-state index contributed by atoms with van der Waals surface area (Å²) in [6.07, 6.45) is 1.10. The SMILES string of the molecule is CC(C)N(Cc1cccs1)C(=O)N1CCC(C(=O)O)CC1. The minimum absolute atomic E-state index is 0.0160. The van der Waals surface area contributed by atoms with Gasteiger partial charge in [0.15, 0.2) is 0 Å². The lowest BCUT2D eigenvalue weighted by Crippen LogP contribution is -2.49. The minimum atomic E-state index is -0.749. The molecule has 5 nitrogen and oxygen atoms in total. The van der Waals surface area contributed by atoms with Crippen LogP contribution in [0.3, 0.4) is 0 Å². The van der Waals surface area contributed by atoms with E-state index in [0.717, 1.165) is 4.88 Å². The van der Waals surface area contributed by atoms with Crippen LogP contribution >= 0.6 is 11.3 Å². The van der Waals surface area contributed by atoms with Crippen molar-refractivity contribution in [3.05, 3.63) is 22.4 Å². The molecule has 21 heavy (non-hydrogen) atoms. The number of rotatable bonds is 4. The predicted octanol–water partition coefficient (Wildman–Crippen LogP) is 2.88. The summed E-state index contributed by atoms with van der Waals surface area (Å²) in [7, 11) is 0. The van der Waals surface area contributed by atoms with Crippen LogP contribution in [0.4, 0.5) is 4.79 Å². The highest BCUT2D eigenvalue weighted by Crippen LogP contribution is 2.21. The van der Waals surface area contributed by atoms with Crippen LogP contribution in [0.25, 0.3) is 0 Å². The third kappa shape index (κ3) is 3.97. The number of piperidine rings is 1. The molecule has 2 heterocycles. The number of likely N-dealkylation sites (tertiary alicyclic amines) is 1. The number of carbonyl (C=O) groups is 2. The molecule has 0 radical (unpaired) electrons. The maximum absolute atomic E-state index is 12.7. The van der Waals surface area contributed by atoms with Gasteiger partial charge in [-0.3, -0.25) is 4.79 Å². The molecule has 6 heteroatoms. The summed E-state index contributed by atoms with van der Waals surface area (Å²) in [4.78, 5) is 28.4. The summed E-state index contributed by atoms with van der Waals surface area (Å²) >= 11 is 1.65. The van der Waals surface area contributed by atoms with Gasteiger partial charge in [-0.2, -0.15) is 0 Å². The number of amides is 2. The third-order valence-electron chi connectivity index (χ3n) is 3.89. The number of aliphatic carboxylic acids is 1. The Balaban J connectivity index is 1.97. The van der Waals surface area contributed by atoms with Crippen molar-refractivity contribution in [1.29, 1.82) is 0 Å². The maximum Gasteiger partial charge on any atom is 0.320 e. The molecule has 0 unspecified atom stereocenters. The maximum atomic E-state index is 12.7. The number of hydrogen-bond donors (Lipinski definition) is 1. The zero-order valence-electron chi connectivity index (χ0n) is 12.5. The van der Waals surface area contributed by atoms with Crippen molar-refractivity contribution in [2.24, 2.45) is 5.92 Å². The van der Waals surface area contributed by atoms with Crippen molar-refractivity contribution in [3.63, 3.8) is 0 Å². The Morgan fingerprint density at radius 2 is 2.10 bits per heavy atom.